The lowest BCUT2D eigenvalue weighted by Crippen LogP contribution is -2.44. The molecule has 2 N–H and O–H groups in total. The van der Waals surface area contributed by atoms with Gasteiger partial charge in [0.25, 0.3) is 0 Å². The Morgan fingerprint density at radius 2 is 1.57 bits per heavy atom. The van der Waals surface area contributed by atoms with Crippen molar-refractivity contribution in [2.24, 2.45) is 0 Å². The fraction of sp³-hybridized carbons (Fsp3) is 0.556. The quantitative estimate of drug-likeness (QED) is 0.253. The molecule has 3 rings (SSSR count). The molecular formula is C27H43N5O3Si2. The highest BCUT2D eigenvalue weighted by atomic mass is 28.4. The van der Waals surface area contributed by atoms with Crippen molar-refractivity contribution in [3.63, 3.8) is 0 Å². The van der Waals surface area contributed by atoms with Gasteiger partial charge in [-0.3, -0.25) is 9.78 Å². The van der Waals surface area contributed by atoms with E-state index in [1.165, 1.54) is 6.33 Å². The topological polar surface area (TPSA) is 105 Å². The summed E-state index contributed by atoms with van der Waals surface area (Å²) in [6, 6.07) is 3.08. The lowest BCUT2D eigenvalue weighted by Gasteiger charge is -2.39. The molecule has 3 heterocycles. The average molecular weight is 542 g/mol. The van der Waals surface area contributed by atoms with E-state index in [1.54, 1.807) is 24.5 Å². The lowest BCUT2D eigenvalue weighted by atomic mass is 10.1. The molecule has 0 bridgehead atoms. The van der Waals surface area contributed by atoms with Crippen molar-refractivity contribution in [3.8, 4) is 0 Å². The standard InChI is InChI=1S/C27H43N5O3Si2/c1-26(2,3)36(7,8)34-16-20(17-35-37(9,10)27(4,5)6)32-15-22(21-14-29-18-31-25(21)32)24(33)23-13-19(28)11-12-30-23/h11-15,18,20H,16-17H2,1-10H3,(H2,28,30). The molecule has 0 aliphatic heterocycles. The fourth-order valence-corrected chi connectivity index (χ4v) is 5.49. The summed E-state index contributed by atoms with van der Waals surface area (Å²) < 4.78 is 15.4. The molecule has 0 radical (unpaired) electrons. The Morgan fingerprint density at radius 1 is 1.00 bits per heavy atom. The van der Waals surface area contributed by atoms with Crippen molar-refractivity contribution in [1.82, 2.24) is 19.5 Å². The number of pyridine rings is 1. The van der Waals surface area contributed by atoms with Crippen LogP contribution in [0.25, 0.3) is 11.0 Å². The van der Waals surface area contributed by atoms with Gasteiger partial charge in [-0.05, 0) is 48.4 Å². The van der Waals surface area contributed by atoms with E-state index < -0.39 is 16.6 Å². The number of carbonyl (C=O) groups excluding carboxylic acids is 1. The van der Waals surface area contributed by atoms with E-state index in [1.807, 2.05) is 10.8 Å². The minimum Gasteiger partial charge on any atom is -0.415 e. The summed E-state index contributed by atoms with van der Waals surface area (Å²) in [5.74, 6) is -0.222. The second-order valence-corrected chi connectivity index (χ2v) is 22.4. The van der Waals surface area contributed by atoms with Crippen LogP contribution < -0.4 is 5.73 Å². The van der Waals surface area contributed by atoms with E-state index >= 15 is 0 Å². The zero-order chi connectivity index (χ0) is 27.8. The molecule has 0 unspecified atom stereocenters. The van der Waals surface area contributed by atoms with Gasteiger partial charge in [0.15, 0.2) is 16.6 Å². The van der Waals surface area contributed by atoms with Crippen molar-refractivity contribution in [2.45, 2.75) is 83.8 Å². The molecule has 0 aliphatic rings. The molecule has 0 aliphatic carbocycles. The van der Waals surface area contributed by atoms with Crippen molar-refractivity contribution in [3.05, 3.63) is 48.3 Å². The molecule has 3 aromatic rings. The highest BCUT2D eigenvalue weighted by Gasteiger charge is 2.40. The van der Waals surface area contributed by atoms with Gasteiger partial charge < -0.3 is 19.2 Å². The van der Waals surface area contributed by atoms with Crippen molar-refractivity contribution >= 4 is 39.1 Å². The molecule has 0 aromatic carbocycles. The van der Waals surface area contributed by atoms with Gasteiger partial charge in [-0.25, -0.2) is 9.97 Å². The molecule has 37 heavy (non-hydrogen) atoms. The molecule has 3 aromatic heterocycles. The van der Waals surface area contributed by atoms with E-state index in [2.05, 4.69) is 82.7 Å². The highest BCUT2D eigenvalue weighted by Crippen LogP contribution is 2.39. The van der Waals surface area contributed by atoms with Gasteiger partial charge in [0.2, 0.25) is 5.78 Å². The first kappa shape index (κ1) is 29.2. The summed E-state index contributed by atoms with van der Waals surface area (Å²) in [6.07, 6.45) is 6.58. The van der Waals surface area contributed by atoms with Crippen LogP contribution in [-0.2, 0) is 8.85 Å². The largest absolute Gasteiger partial charge is 0.415 e. The first-order valence-corrected chi connectivity index (χ1v) is 18.6. The van der Waals surface area contributed by atoms with Gasteiger partial charge in [0.1, 0.15) is 17.7 Å². The average Bonchev–Trinajstić information content (AvgIpc) is 3.16. The molecule has 0 saturated carbocycles. The molecule has 0 atom stereocenters. The first-order valence-electron chi connectivity index (χ1n) is 12.8. The number of hydrogen-bond donors (Lipinski definition) is 1. The number of aromatic nitrogens is 4. The molecule has 8 nitrogen and oxygen atoms in total. The van der Waals surface area contributed by atoms with Gasteiger partial charge in [-0.2, -0.15) is 0 Å². The fourth-order valence-electron chi connectivity index (χ4n) is 3.41. The number of rotatable bonds is 9. The van der Waals surface area contributed by atoms with Crippen LogP contribution in [0.4, 0.5) is 5.69 Å². The number of ketones is 1. The number of fused-ring (bicyclic) bond motifs is 1. The Kier molecular flexibility index (Phi) is 8.19. The van der Waals surface area contributed by atoms with E-state index in [-0.39, 0.29) is 27.6 Å². The maximum Gasteiger partial charge on any atom is 0.213 e. The van der Waals surface area contributed by atoms with Crippen LogP contribution in [0.15, 0.2) is 37.1 Å². The van der Waals surface area contributed by atoms with Gasteiger partial charge in [0.05, 0.1) is 24.8 Å². The molecule has 0 amide bonds. The van der Waals surface area contributed by atoms with Gasteiger partial charge >= 0.3 is 0 Å². The van der Waals surface area contributed by atoms with Crippen molar-refractivity contribution in [2.75, 3.05) is 18.9 Å². The molecule has 202 valence electrons. The maximum absolute atomic E-state index is 13.5. The van der Waals surface area contributed by atoms with Crippen LogP contribution in [-0.4, -0.2) is 55.2 Å². The lowest BCUT2D eigenvalue weighted by molar-refractivity contribution is 0.103. The zero-order valence-electron chi connectivity index (χ0n) is 24.0. The minimum atomic E-state index is -2.03. The number of carbonyl (C=O) groups is 1. The Morgan fingerprint density at radius 3 is 2.08 bits per heavy atom. The Hall–Kier alpha value is -2.41. The second kappa shape index (κ2) is 10.4. The normalized spacial score (nSPS) is 13.5. The zero-order valence-corrected chi connectivity index (χ0v) is 26.0. The molecule has 0 fully saturated rings. The summed E-state index contributed by atoms with van der Waals surface area (Å²) in [6.45, 7) is 23.3. The first-order chi connectivity index (χ1) is 16.9. The summed E-state index contributed by atoms with van der Waals surface area (Å²) in [7, 11) is -4.07. The van der Waals surface area contributed by atoms with Gasteiger partial charge in [0, 0.05) is 29.7 Å². The SMILES string of the molecule is CC(C)(C)[Si](C)(C)OCC(CO[Si](C)(C)C(C)(C)C)n1cc(C(=O)c2cc(N)ccn2)c2cncnc21. The van der Waals surface area contributed by atoms with Gasteiger partial charge in [-0.15, -0.1) is 0 Å². The van der Waals surface area contributed by atoms with Crippen molar-refractivity contribution < 1.29 is 13.6 Å². The number of hydrogen-bond acceptors (Lipinski definition) is 7. The number of nitrogens with two attached hydrogens (primary N) is 1. The predicted molar refractivity (Wildman–Crippen MR) is 155 cm³/mol. The van der Waals surface area contributed by atoms with Crippen LogP contribution in [0.1, 0.15) is 63.6 Å². The minimum absolute atomic E-state index is 0.0683. The van der Waals surface area contributed by atoms with E-state index in [9.17, 15) is 4.79 Å². The summed E-state index contributed by atoms with van der Waals surface area (Å²) in [5.41, 5.74) is 7.85. The Labute approximate surface area is 223 Å². The third kappa shape index (κ3) is 6.36. The van der Waals surface area contributed by atoms with Crippen LogP contribution in [0.5, 0.6) is 0 Å². The van der Waals surface area contributed by atoms with E-state index in [0.29, 0.717) is 35.5 Å². The van der Waals surface area contributed by atoms with Crippen LogP contribution >= 0.6 is 0 Å². The van der Waals surface area contributed by atoms with E-state index in [4.69, 9.17) is 14.6 Å². The van der Waals surface area contributed by atoms with Crippen molar-refractivity contribution in [1.29, 1.82) is 0 Å². The second-order valence-electron chi connectivity index (χ2n) is 12.8. The monoisotopic (exact) mass is 541 g/mol. The maximum atomic E-state index is 13.5. The van der Waals surface area contributed by atoms with Crippen LogP contribution in [0.2, 0.25) is 36.3 Å². The molecular weight excluding hydrogens is 499 g/mol. The number of anilines is 1. The number of nitrogens with zero attached hydrogens (tertiary/aromatic N) is 4. The third-order valence-corrected chi connectivity index (χ3v) is 17.0. The third-order valence-electron chi connectivity index (χ3n) is 8.03. The predicted octanol–water partition coefficient (Wildman–Crippen LogP) is 6.22. The van der Waals surface area contributed by atoms with Gasteiger partial charge in [-0.1, -0.05) is 41.5 Å². The van der Waals surface area contributed by atoms with Crippen LogP contribution in [0, 0.1) is 0 Å². The Bertz CT molecular complexity index is 1230. The Balaban J connectivity index is 2.06. The smallest absolute Gasteiger partial charge is 0.213 e. The summed E-state index contributed by atoms with van der Waals surface area (Å²) >= 11 is 0. The highest BCUT2D eigenvalue weighted by molar-refractivity contribution is 6.74. The number of nitrogen functional groups attached to an aromatic ring is 1. The van der Waals surface area contributed by atoms with E-state index in [0.717, 1.165) is 0 Å². The molecule has 10 heteroatoms. The summed E-state index contributed by atoms with van der Waals surface area (Å²) in [5, 5.41) is 0.804. The molecule has 0 spiro atoms. The van der Waals surface area contributed by atoms with Crippen LogP contribution in [0.3, 0.4) is 0 Å². The molecule has 0 saturated heterocycles. The summed E-state index contributed by atoms with van der Waals surface area (Å²) in [4.78, 5) is 26.5.